The van der Waals surface area contributed by atoms with Crippen molar-refractivity contribution in [2.45, 2.75) is 69.1 Å². The summed E-state index contributed by atoms with van der Waals surface area (Å²) in [6.45, 7) is 4.40. The van der Waals surface area contributed by atoms with E-state index in [2.05, 4.69) is 30.0 Å². The fourth-order valence-corrected chi connectivity index (χ4v) is 9.30. The molecule has 4 aliphatic rings. The Bertz CT molecular complexity index is 1200. The summed E-state index contributed by atoms with van der Waals surface area (Å²) in [5.74, 6) is 0.750. The summed E-state index contributed by atoms with van der Waals surface area (Å²) in [5.41, 5.74) is 1.75. The van der Waals surface area contributed by atoms with Crippen molar-refractivity contribution in [3.63, 3.8) is 0 Å². The van der Waals surface area contributed by atoms with Gasteiger partial charge in [0.2, 0.25) is 0 Å². The number of fused-ring (bicyclic) bond motifs is 6. The fraction of sp³-hybridized carbons (Fsp3) is 0.607. The van der Waals surface area contributed by atoms with Crippen molar-refractivity contribution >= 4 is 23.6 Å². The van der Waals surface area contributed by atoms with E-state index in [1.165, 1.54) is 28.6 Å². The zero-order valence-electron chi connectivity index (χ0n) is 20.8. The molecule has 7 heteroatoms. The number of rotatable bonds is 4. The second kappa shape index (κ2) is 8.02. The van der Waals surface area contributed by atoms with E-state index in [1.54, 1.807) is 6.20 Å². The van der Waals surface area contributed by atoms with Crippen molar-refractivity contribution < 1.29 is 15.0 Å². The molecule has 2 aromatic heterocycles. The van der Waals surface area contributed by atoms with Crippen molar-refractivity contribution in [1.29, 1.82) is 0 Å². The van der Waals surface area contributed by atoms with Gasteiger partial charge < -0.3 is 10.2 Å². The van der Waals surface area contributed by atoms with Crippen LogP contribution in [0.15, 0.2) is 41.2 Å². The van der Waals surface area contributed by atoms with Crippen molar-refractivity contribution in [3.05, 3.63) is 47.4 Å². The Balaban J connectivity index is 1.28. The molecule has 0 spiro atoms. The molecule has 2 N–H and O–H groups in total. The van der Waals surface area contributed by atoms with Crippen LogP contribution in [0.1, 0.15) is 57.2 Å². The number of nitrogens with zero attached hydrogens (tertiary/aromatic N) is 3. The van der Waals surface area contributed by atoms with E-state index in [-0.39, 0.29) is 28.8 Å². The molecular weight excluding hydrogens is 458 g/mol. The topological polar surface area (TPSA) is 88.2 Å². The number of hydrogen-bond acceptors (Lipinski definition) is 6. The molecule has 186 valence electrons. The van der Waals surface area contributed by atoms with Crippen LogP contribution < -0.4 is 0 Å². The predicted octanol–water partition coefficient (Wildman–Crippen LogP) is 4.06. The average Bonchev–Trinajstić information content (AvgIpc) is 3.32. The molecule has 2 aromatic rings. The number of allylic oxidation sites excluding steroid dienone is 1. The number of aryl methyl sites for hydroxylation is 1. The molecule has 3 saturated carbocycles. The third-order valence-electron chi connectivity index (χ3n) is 10.2. The first-order valence-electron chi connectivity index (χ1n) is 12.9. The van der Waals surface area contributed by atoms with Gasteiger partial charge in [-0.05, 0) is 85.5 Å². The normalized spacial score (nSPS) is 39.7. The largest absolute Gasteiger partial charge is 0.393 e. The molecule has 6 nitrogen and oxygen atoms in total. The monoisotopic (exact) mass is 493 g/mol. The maximum atomic E-state index is 13.5. The van der Waals surface area contributed by atoms with Crippen molar-refractivity contribution in [2.75, 3.05) is 5.75 Å². The van der Waals surface area contributed by atoms with Gasteiger partial charge in [-0.3, -0.25) is 9.48 Å². The smallest absolute Gasteiger partial charge is 0.175 e. The Hall–Kier alpha value is -1.96. The van der Waals surface area contributed by atoms with E-state index in [1.807, 2.05) is 36.1 Å². The molecular formula is C28H35N3O3S. The van der Waals surface area contributed by atoms with Gasteiger partial charge in [-0.1, -0.05) is 37.2 Å². The Labute approximate surface area is 211 Å². The van der Waals surface area contributed by atoms with Crippen LogP contribution in [0.3, 0.4) is 0 Å². The van der Waals surface area contributed by atoms with Crippen LogP contribution in [0.2, 0.25) is 0 Å². The lowest BCUT2D eigenvalue weighted by molar-refractivity contribution is -0.177. The van der Waals surface area contributed by atoms with Crippen molar-refractivity contribution in [2.24, 2.45) is 35.6 Å². The van der Waals surface area contributed by atoms with Crippen molar-refractivity contribution in [1.82, 2.24) is 14.8 Å². The van der Waals surface area contributed by atoms with E-state index in [4.69, 9.17) is 0 Å². The number of aliphatic hydroxyl groups excluding tert-OH is 1. The van der Waals surface area contributed by atoms with E-state index < -0.39 is 17.1 Å². The molecule has 7 atom stereocenters. The van der Waals surface area contributed by atoms with Crippen LogP contribution >= 0.6 is 11.8 Å². The average molecular weight is 494 g/mol. The van der Waals surface area contributed by atoms with Crippen molar-refractivity contribution in [3.8, 4) is 0 Å². The SMILES string of the molecule is Cn1ncc2c1C=C1CCC3C(C(O)CC4(C)C3CC[C@]4(O)C(=O)CSc3ccccn3)C1(C)C2. The maximum absolute atomic E-state index is 13.5. The number of aliphatic hydroxyl groups is 2. The van der Waals surface area contributed by atoms with E-state index in [0.29, 0.717) is 18.8 Å². The molecule has 0 bridgehead atoms. The van der Waals surface area contributed by atoms with Gasteiger partial charge in [-0.25, -0.2) is 4.98 Å². The molecule has 0 saturated heterocycles. The summed E-state index contributed by atoms with van der Waals surface area (Å²) < 4.78 is 1.95. The lowest BCUT2D eigenvalue weighted by Crippen LogP contribution is -2.62. The minimum absolute atomic E-state index is 0.112. The number of hydrogen-bond donors (Lipinski definition) is 2. The highest BCUT2D eigenvalue weighted by Gasteiger charge is 2.68. The number of Topliss-reactive ketones (excluding diaryl/α,β-unsaturated/α-hetero) is 1. The number of carbonyl (C=O) groups excluding carboxylic acids is 1. The van der Waals surface area contributed by atoms with E-state index in [0.717, 1.165) is 30.7 Å². The highest BCUT2D eigenvalue weighted by molar-refractivity contribution is 7.99. The first-order valence-corrected chi connectivity index (χ1v) is 13.9. The maximum Gasteiger partial charge on any atom is 0.175 e. The fourth-order valence-electron chi connectivity index (χ4n) is 8.47. The molecule has 35 heavy (non-hydrogen) atoms. The summed E-state index contributed by atoms with van der Waals surface area (Å²) in [6.07, 6.45) is 10.2. The molecule has 0 aromatic carbocycles. The summed E-state index contributed by atoms with van der Waals surface area (Å²) in [4.78, 5) is 17.8. The molecule has 4 aliphatic carbocycles. The van der Waals surface area contributed by atoms with E-state index in [9.17, 15) is 15.0 Å². The number of pyridine rings is 1. The molecule has 0 amide bonds. The van der Waals surface area contributed by atoms with Crippen LogP contribution in [0.25, 0.3) is 6.08 Å². The van der Waals surface area contributed by atoms with Crippen LogP contribution in [0.4, 0.5) is 0 Å². The summed E-state index contributed by atoms with van der Waals surface area (Å²) in [7, 11) is 1.99. The second-order valence-electron chi connectivity index (χ2n) is 11.7. The predicted molar refractivity (Wildman–Crippen MR) is 136 cm³/mol. The lowest BCUT2D eigenvalue weighted by Gasteiger charge is -2.60. The lowest BCUT2D eigenvalue weighted by atomic mass is 9.45. The number of aromatic nitrogens is 3. The number of ketones is 1. The summed E-state index contributed by atoms with van der Waals surface area (Å²) in [5, 5.41) is 28.9. The minimum atomic E-state index is -1.40. The molecule has 6 unspecified atom stereocenters. The highest BCUT2D eigenvalue weighted by Crippen LogP contribution is 2.67. The minimum Gasteiger partial charge on any atom is -0.393 e. The van der Waals surface area contributed by atoms with Gasteiger partial charge in [0.15, 0.2) is 5.78 Å². The van der Waals surface area contributed by atoms with Crippen LogP contribution in [0, 0.1) is 28.6 Å². The van der Waals surface area contributed by atoms with Gasteiger partial charge in [0, 0.05) is 18.7 Å². The van der Waals surface area contributed by atoms with Gasteiger partial charge in [0.1, 0.15) is 5.60 Å². The molecule has 0 aliphatic heterocycles. The first-order chi connectivity index (χ1) is 16.7. The molecule has 0 radical (unpaired) electrons. The van der Waals surface area contributed by atoms with Gasteiger partial charge in [0.05, 0.1) is 28.8 Å². The number of carbonyl (C=O) groups is 1. The first kappa shape index (κ1) is 23.4. The van der Waals surface area contributed by atoms with Gasteiger partial charge >= 0.3 is 0 Å². The standard InChI is InChI=1S/C28H35N3O3S/c1-26-13-17-15-30-31(3)21(17)12-18(26)7-8-19-20-9-10-28(34,27(20,2)14-22(32)25(19)26)23(33)16-35-24-6-4-5-11-29-24/h4-6,11-12,15,19-20,22,25,32,34H,7-10,13-14,16H2,1-3H3/t19?,20?,22?,25?,26?,27?,28-/m0/s1. The Morgan fingerprint density at radius 1 is 1.29 bits per heavy atom. The Kier molecular flexibility index (Phi) is 5.37. The quantitative estimate of drug-likeness (QED) is 0.625. The van der Waals surface area contributed by atoms with Crippen LogP contribution in [-0.4, -0.2) is 48.2 Å². The third-order valence-corrected chi connectivity index (χ3v) is 11.1. The Morgan fingerprint density at radius 3 is 2.89 bits per heavy atom. The highest BCUT2D eigenvalue weighted by atomic mass is 32.2. The van der Waals surface area contributed by atoms with Crippen LogP contribution in [-0.2, 0) is 18.3 Å². The van der Waals surface area contributed by atoms with E-state index >= 15 is 0 Å². The zero-order valence-corrected chi connectivity index (χ0v) is 21.6. The second-order valence-corrected chi connectivity index (χ2v) is 12.7. The molecule has 2 heterocycles. The molecule has 3 fully saturated rings. The van der Waals surface area contributed by atoms with Crippen LogP contribution in [0.5, 0.6) is 0 Å². The Morgan fingerprint density at radius 2 is 2.11 bits per heavy atom. The summed E-state index contributed by atoms with van der Waals surface area (Å²) >= 11 is 1.39. The van der Waals surface area contributed by atoms with Gasteiger partial charge in [-0.2, -0.15) is 5.10 Å². The van der Waals surface area contributed by atoms with Gasteiger partial charge in [0.25, 0.3) is 0 Å². The molecule has 6 rings (SSSR count). The third kappa shape index (κ3) is 3.27. The number of thioether (sulfide) groups is 1. The summed E-state index contributed by atoms with van der Waals surface area (Å²) in [6, 6.07) is 5.65. The zero-order chi connectivity index (χ0) is 24.6. The van der Waals surface area contributed by atoms with Gasteiger partial charge in [-0.15, -0.1) is 0 Å².